The fourth-order valence-corrected chi connectivity index (χ4v) is 5.52. The third-order valence-corrected chi connectivity index (χ3v) is 6.85. The van der Waals surface area contributed by atoms with Crippen LogP contribution in [0.1, 0.15) is 105 Å². The van der Waals surface area contributed by atoms with Crippen molar-refractivity contribution in [1.82, 2.24) is 10.6 Å². The van der Waals surface area contributed by atoms with Crippen LogP contribution in [-0.4, -0.2) is 46.3 Å². The topological polar surface area (TPSA) is 53.4 Å². The van der Waals surface area contributed by atoms with Crippen LogP contribution in [0.25, 0.3) is 0 Å². The van der Waals surface area contributed by atoms with Gasteiger partial charge in [0.25, 0.3) is 0 Å². The monoisotopic (exact) mass is 406 g/mol. The zero-order valence-electron chi connectivity index (χ0n) is 19.4. The molecule has 1 saturated heterocycles. The van der Waals surface area contributed by atoms with E-state index in [2.05, 4.69) is 29.1 Å². The van der Waals surface area contributed by atoms with E-state index in [1.54, 1.807) is 0 Å². The molecule has 0 aromatic rings. The summed E-state index contributed by atoms with van der Waals surface area (Å²) in [5.74, 6) is 1.03. The van der Waals surface area contributed by atoms with Gasteiger partial charge in [0.15, 0.2) is 0 Å². The number of hydrogen-bond acceptors (Lipinski definition) is 4. The maximum Gasteiger partial charge on any atom is 0.346 e. The van der Waals surface area contributed by atoms with Crippen molar-refractivity contribution < 1.29 is 14.1 Å². The molecule has 0 radical (unpaired) electrons. The molecule has 0 amide bonds. The van der Waals surface area contributed by atoms with Gasteiger partial charge in [0.2, 0.25) is 0 Å². The summed E-state index contributed by atoms with van der Waals surface area (Å²) < 4.78 is 8.25. The third kappa shape index (κ3) is 5.67. The smallest absolute Gasteiger partial charge is 0.346 e. The van der Waals surface area contributed by atoms with E-state index in [1.807, 2.05) is 20.8 Å². The molecule has 3 aliphatic heterocycles. The van der Waals surface area contributed by atoms with Gasteiger partial charge >= 0.3 is 11.9 Å². The molecule has 0 aromatic carbocycles. The largest absolute Gasteiger partial charge is 0.460 e. The molecule has 5 heteroatoms. The molecule has 0 unspecified atom stereocenters. The van der Waals surface area contributed by atoms with Crippen molar-refractivity contribution >= 4 is 11.9 Å². The van der Waals surface area contributed by atoms with Crippen molar-refractivity contribution in [3.8, 4) is 0 Å². The summed E-state index contributed by atoms with van der Waals surface area (Å²) >= 11 is 0. The second-order valence-electron chi connectivity index (χ2n) is 10.5. The minimum atomic E-state index is -0.430. The first kappa shape index (κ1) is 22.4. The van der Waals surface area contributed by atoms with Gasteiger partial charge in [-0.05, 0) is 47.0 Å². The van der Waals surface area contributed by atoms with Crippen LogP contribution in [0.15, 0.2) is 0 Å². The normalized spacial score (nSPS) is 31.1. The van der Waals surface area contributed by atoms with Gasteiger partial charge in [-0.3, -0.25) is 20.0 Å². The van der Waals surface area contributed by atoms with E-state index in [0.717, 1.165) is 6.42 Å². The maximum atomic E-state index is 12.9. The lowest BCUT2D eigenvalue weighted by Gasteiger charge is -2.39. The summed E-state index contributed by atoms with van der Waals surface area (Å²) in [6.45, 7) is 10.3. The van der Waals surface area contributed by atoms with Gasteiger partial charge in [-0.2, -0.15) is 0 Å². The molecule has 0 spiro atoms. The van der Waals surface area contributed by atoms with E-state index < -0.39 is 5.60 Å². The molecule has 0 aliphatic carbocycles. The minimum absolute atomic E-state index is 0.0487. The highest BCUT2D eigenvalue weighted by molar-refractivity contribution is 5.81. The number of nitrogens with one attached hydrogen (secondary N) is 2. The van der Waals surface area contributed by atoms with Crippen LogP contribution in [0.2, 0.25) is 0 Å². The van der Waals surface area contributed by atoms with E-state index in [4.69, 9.17) is 4.74 Å². The second-order valence-corrected chi connectivity index (χ2v) is 10.5. The van der Waals surface area contributed by atoms with Gasteiger partial charge in [-0.25, -0.2) is 0 Å². The Hall–Kier alpha value is -1.26. The van der Waals surface area contributed by atoms with Crippen LogP contribution in [0, 0.1) is 5.92 Å². The number of unbranched alkanes of at least 4 members (excludes halogenated alkanes) is 6. The SMILES string of the molecule is CCCCCCCCC[C@@H]1C[C@@H]2CC[C@H]3[C@H](C(=O)OC(C)(C)C)[C@@H](C)NC(=[N+]23)N1. The Labute approximate surface area is 178 Å². The van der Waals surface area contributed by atoms with E-state index in [0.29, 0.717) is 12.1 Å². The van der Waals surface area contributed by atoms with Gasteiger partial charge in [0, 0.05) is 6.42 Å². The lowest BCUT2D eigenvalue weighted by Crippen LogP contribution is -2.66. The highest BCUT2D eigenvalue weighted by Gasteiger charge is 2.53. The predicted molar refractivity (Wildman–Crippen MR) is 118 cm³/mol. The van der Waals surface area contributed by atoms with E-state index in [9.17, 15) is 4.79 Å². The maximum absolute atomic E-state index is 12.9. The number of carbonyl (C=O) groups excluding carboxylic acids is 1. The molecule has 2 N–H and O–H groups in total. The third-order valence-electron chi connectivity index (χ3n) is 6.85. The summed E-state index contributed by atoms with van der Waals surface area (Å²) in [7, 11) is 0. The number of carbonyl (C=O) groups is 1. The number of guanidine groups is 1. The first-order valence-corrected chi connectivity index (χ1v) is 12.2. The Morgan fingerprint density at radius 1 is 1.07 bits per heavy atom. The average Bonchev–Trinajstić information content (AvgIpc) is 3.04. The molecule has 29 heavy (non-hydrogen) atoms. The zero-order chi connectivity index (χ0) is 21.0. The van der Waals surface area contributed by atoms with E-state index >= 15 is 0 Å². The van der Waals surface area contributed by atoms with E-state index in [1.165, 1.54) is 70.2 Å². The van der Waals surface area contributed by atoms with Gasteiger partial charge in [0.1, 0.15) is 11.5 Å². The first-order valence-electron chi connectivity index (χ1n) is 12.2. The van der Waals surface area contributed by atoms with Crippen molar-refractivity contribution in [3.05, 3.63) is 0 Å². The molecule has 0 aromatic heterocycles. The second kappa shape index (κ2) is 9.70. The van der Waals surface area contributed by atoms with E-state index in [-0.39, 0.29) is 24.0 Å². The molecule has 0 saturated carbocycles. The zero-order valence-corrected chi connectivity index (χ0v) is 19.4. The predicted octanol–water partition coefficient (Wildman–Crippen LogP) is 4.34. The number of hydrogen-bond donors (Lipinski definition) is 2. The van der Waals surface area contributed by atoms with Crippen LogP contribution in [-0.2, 0) is 9.53 Å². The van der Waals surface area contributed by atoms with Gasteiger partial charge < -0.3 is 4.74 Å². The molecular formula is C24H44N3O2+. The van der Waals surface area contributed by atoms with Crippen LogP contribution < -0.4 is 10.6 Å². The van der Waals surface area contributed by atoms with Crippen molar-refractivity contribution in [3.63, 3.8) is 0 Å². The summed E-state index contributed by atoms with van der Waals surface area (Å²) in [5, 5.41) is 7.41. The Kier molecular flexibility index (Phi) is 7.50. The van der Waals surface area contributed by atoms with Crippen molar-refractivity contribution in [2.75, 3.05) is 0 Å². The summed E-state index contributed by atoms with van der Waals surface area (Å²) in [4.78, 5) is 12.9. The Balaban J connectivity index is 1.55. The van der Waals surface area contributed by atoms with Crippen molar-refractivity contribution in [2.45, 2.75) is 135 Å². The lowest BCUT2D eigenvalue weighted by molar-refractivity contribution is -0.598. The fraction of sp³-hybridized carbons (Fsp3) is 0.917. The highest BCUT2D eigenvalue weighted by Crippen LogP contribution is 2.35. The number of rotatable bonds is 9. The van der Waals surface area contributed by atoms with Gasteiger partial charge in [-0.15, -0.1) is 0 Å². The number of nitrogens with zero attached hydrogens (tertiary/aromatic N) is 1. The average molecular weight is 407 g/mol. The lowest BCUT2D eigenvalue weighted by atomic mass is 9.89. The first-order chi connectivity index (χ1) is 13.8. The van der Waals surface area contributed by atoms with Crippen molar-refractivity contribution in [1.29, 1.82) is 0 Å². The standard InChI is InChI=1S/C24H43N3O2/c1-6-7-8-9-10-11-12-13-18-16-19-14-15-20-21(22(28)29-24(3,4)5)17(2)25-23(26-18)27(19)20/h17-21H,6-16H2,1-5H3,(H,25,26)/p+1/t17-,18-,19+,20+,21-/m1/s1. The summed E-state index contributed by atoms with van der Waals surface area (Å²) in [6, 6.07) is 1.51. The molecule has 3 aliphatic rings. The quantitative estimate of drug-likeness (QED) is 0.340. The molecule has 0 bridgehead atoms. The van der Waals surface area contributed by atoms with Crippen molar-refractivity contribution in [2.24, 2.45) is 5.92 Å². The van der Waals surface area contributed by atoms with Gasteiger partial charge in [0.05, 0.1) is 24.2 Å². The number of ether oxygens (including phenoxy) is 1. The summed E-state index contributed by atoms with van der Waals surface area (Å²) in [6.07, 6.45) is 14.3. The van der Waals surface area contributed by atoms with Gasteiger partial charge in [-0.1, -0.05) is 51.9 Å². The Morgan fingerprint density at radius 2 is 1.76 bits per heavy atom. The highest BCUT2D eigenvalue weighted by atomic mass is 16.6. The Morgan fingerprint density at radius 3 is 2.45 bits per heavy atom. The minimum Gasteiger partial charge on any atom is -0.460 e. The Bertz CT molecular complexity index is 595. The van der Waals surface area contributed by atoms with Crippen LogP contribution >= 0.6 is 0 Å². The van der Waals surface area contributed by atoms with Crippen LogP contribution in [0.5, 0.6) is 0 Å². The fourth-order valence-electron chi connectivity index (χ4n) is 5.52. The molecular weight excluding hydrogens is 362 g/mol. The molecule has 3 heterocycles. The van der Waals surface area contributed by atoms with Crippen LogP contribution in [0.4, 0.5) is 0 Å². The molecule has 5 nitrogen and oxygen atoms in total. The molecule has 5 atom stereocenters. The van der Waals surface area contributed by atoms with Crippen LogP contribution in [0.3, 0.4) is 0 Å². The molecule has 166 valence electrons. The number of esters is 1. The summed E-state index contributed by atoms with van der Waals surface area (Å²) in [5.41, 5.74) is -0.430. The molecule has 1 fully saturated rings. The molecule has 3 rings (SSSR count).